The van der Waals surface area contributed by atoms with Gasteiger partial charge in [-0.1, -0.05) is 350 Å². The van der Waals surface area contributed by atoms with Gasteiger partial charge in [0.25, 0.3) is 0 Å². The molecule has 0 saturated carbocycles. The summed E-state index contributed by atoms with van der Waals surface area (Å²) in [7, 11) is 1.63. The molecule has 0 saturated heterocycles. The molecule has 492 valence electrons. The predicted octanol–water partition coefficient (Wildman–Crippen LogP) is 23.3. The predicted molar refractivity (Wildman–Crippen MR) is 369 cm³/mol. The summed E-state index contributed by atoms with van der Waals surface area (Å²) < 4.78 is 23.9. The van der Waals surface area contributed by atoms with Crippen LogP contribution >= 0.6 is 7.82 Å². The Morgan fingerprint density at radius 1 is 0.417 bits per heavy atom. The summed E-state index contributed by atoms with van der Waals surface area (Å²) in [6.07, 6.45) is 91.6. The van der Waals surface area contributed by atoms with Crippen LogP contribution in [-0.4, -0.2) is 73.4 Å². The number of aliphatic hydroxyl groups is 1. The fourth-order valence-corrected chi connectivity index (χ4v) is 11.6. The van der Waals surface area contributed by atoms with Crippen LogP contribution in [0.5, 0.6) is 0 Å². The SMILES string of the molecule is CC/C=C\C/C=C\C/C=C\C/C=C\C/C=C\C/C=C\CCCCCCCCCCCCCCCCCCCCCCCCC(=O)NC(COP(=O)(O)OCC[N+](C)(C)C)C(O)CCCCCCCCCCCCCCCCCCCCCCC. The van der Waals surface area contributed by atoms with Gasteiger partial charge < -0.3 is 19.8 Å². The molecule has 8 nitrogen and oxygen atoms in total. The van der Waals surface area contributed by atoms with Crippen LogP contribution in [0.2, 0.25) is 0 Å². The average Bonchev–Trinajstić information content (AvgIpc) is 3.56. The first-order chi connectivity index (χ1) is 41.0. The number of hydrogen-bond acceptors (Lipinski definition) is 5. The maximum absolute atomic E-state index is 13.1. The van der Waals surface area contributed by atoms with Crippen LogP contribution in [-0.2, 0) is 18.4 Å². The highest BCUT2D eigenvalue weighted by Crippen LogP contribution is 2.43. The Kier molecular flexibility index (Phi) is 63.8. The quantitative estimate of drug-likeness (QED) is 0.0243. The number of hydrogen-bond donors (Lipinski definition) is 3. The molecule has 0 aromatic heterocycles. The van der Waals surface area contributed by atoms with Crippen molar-refractivity contribution in [1.82, 2.24) is 5.32 Å². The minimum atomic E-state index is -4.33. The van der Waals surface area contributed by atoms with Crippen molar-refractivity contribution >= 4 is 13.7 Å². The van der Waals surface area contributed by atoms with E-state index in [1.165, 1.54) is 244 Å². The lowest BCUT2D eigenvalue weighted by Gasteiger charge is -2.26. The van der Waals surface area contributed by atoms with Gasteiger partial charge in [-0.25, -0.2) is 4.57 Å². The third-order valence-corrected chi connectivity index (χ3v) is 17.5. The topological polar surface area (TPSA) is 105 Å². The molecule has 3 N–H and O–H groups in total. The zero-order chi connectivity index (χ0) is 61.2. The van der Waals surface area contributed by atoms with Gasteiger partial charge in [-0.15, -0.1) is 0 Å². The maximum atomic E-state index is 13.1. The van der Waals surface area contributed by atoms with Gasteiger partial charge in [0, 0.05) is 6.42 Å². The summed E-state index contributed by atoms with van der Waals surface area (Å²) in [5, 5.41) is 14.1. The molecular formula is C75H142N2O6P+. The van der Waals surface area contributed by atoms with Crippen molar-refractivity contribution in [2.24, 2.45) is 0 Å². The van der Waals surface area contributed by atoms with Crippen LogP contribution in [0.15, 0.2) is 72.9 Å². The van der Waals surface area contributed by atoms with Gasteiger partial charge in [-0.3, -0.25) is 13.8 Å². The summed E-state index contributed by atoms with van der Waals surface area (Å²) in [5.41, 5.74) is 0. The van der Waals surface area contributed by atoms with E-state index in [1.807, 2.05) is 21.1 Å². The van der Waals surface area contributed by atoms with E-state index in [0.29, 0.717) is 23.9 Å². The first-order valence-electron chi connectivity index (χ1n) is 36.3. The molecule has 0 aliphatic carbocycles. The van der Waals surface area contributed by atoms with E-state index < -0.39 is 20.0 Å². The number of aliphatic hydroxyl groups excluding tert-OH is 1. The van der Waals surface area contributed by atoms with Crippen LogP contribution in [0, 0.1) is 0 Å². The van der Waals surface area contributed by atoms with Crippen LogP contribution in [0.1, 0.15) is 348 Å². The number of phosphoric ester groups is 1. The smallest absolute Gasteiger partial charge is 0.391 e. The summed E-state index contributed by atoms with van der Waals surface area (Å²) in [6, 6.07) is -0.762. The van der Waals surface area contributed by atoms with Crippen molar-refractivity contribution < 1.29 is 32.9 Å². The molecule has 84 heavy (non-hydrogen) atoms. The van der Waals surface area contributed by atoms with Crippen LogP contribution < -0.4 is 5.32 Å². The first-order valence-corrected chi connectivity index (χ1v) is 37.8. The van der Waals surface area contributed by atoms with E-state index >= 15 is 0 Å². The van der Waals surface area contributed by atoms with Gasteiger partial charge >= 0.3 is 7.82 Å². The zero-order valence-electron chi connectivity index (χ0n) is 56.4. The summed E-state index contributed by atoms with van der Waals surface area (Å²) in [4.78, 5) is 23.5. The highest BCUT2D eigenvalue weighted by Gasteiger charge is 2.28. The summed E-state index contributed by atoms with van der Waals surface area (Å²) in [5.74, 6) is -0.138. The Balaban J connectivity index is 3.92. The minimum absolute atomic E-state index is 0.0757. The molecular weight excluding hydrogens is 1060 g/mol. The second-order valence-corrected chi connectivity index (χ2v) is 27.4. The monoisotopic (exact) mass is 1200 g/mol. The van der Waals surface area contributed by atoms with E-state index in [4.69, 9.17) is 9.05 Å². The molecule has 0 aliphatic heterocycles. The summed E-state index contributed by atoms with van der Waals surface area (Å²) >= 11 is 0. The number of nitrogens with one attached hydrogen (secondary N) is 1. The van der Waals surface area contributed by atoms with Crippen LogP contribution in [0.4, 0.5) is 0 Å². The van der Waals surface area contributed by atoms with Crippen molar-refractivity contribution in [2.45, 2.75) is 360 Å². The van der Waals surface area contributed by atoms with Gasteiger partial charge in [0.05, 0.1) is 39.9 Å². The number of unbranched alkanes of at least 4 members (excludes halogenated alkanes) is 42. The number of likely N-dealkylation sites (N-methyl/N-ethyl adjacent to an activating group) is 1. The van der Waals surface area contributed by atoms with Crippen molar-refractivity contribution in [1.29, 1.82) is 0 Å². The van der Waals surface area contributed by atoms with E-state index in [2.05, 4.69) is 92.1 Å². The minimum Gasteiger partial charge on any atom is -0.391 e. The fraction of sp³-hybridized carbons (Fsp3) is 0.827. The Bertz CT molecular complexity index is 1600. The highest BCUT2D eigenvalue weighted by molar-refractivity contribution is 7.47. The maximum Gasteiger partial charge on any atom is 0.472 e. The Morgan fingerprint density at radius 2 is 0.714 bits per heavy atom. The number of nitrogens with zero attached hydrogens (tertiary/aromatic N) is 1. The second kappa shape index (κ2) is 65.4. The molecule has 0 fully saturated rings. The average molecular weight is 1200 g/mol. The number of quaternary nitrogens is 1. The first kappa shape index (κ1) is 81.9. The van der Waals surface area contributed by atoms with E-state index in [-0.39, 0.29) is 19.1 Å². The fourth-order valence-electron chi connectivity index (χ4n) is 10.9. The van der Waals surface area contributed by atoms with Gasteiger partial charge in [-0.05, 0) is 64.2 Å². The molecule has 0 spiro atoms. The van der Waals surface area contributed by atoms with Gasteiger partial charge in [0.1, 0.15) is 13.2 Å². The molecule has 3 unspecified atom stereocenters. The molecule has 0 radical (unpaired) electrons. The number of carbonyl (C=O) groups excluding carboxylic acids is 1. The summed E-state index contributed by atoms with van der Waals surface area (Å²) in [6.45, 7) is 4.82. The van der Waals surface area contributed by atoms with Crippen molar-refractivity contribution in [2.75, 3.05) is 40.9 Å². The van der Waals surface area contributed by atoms with E-state index in [0.717, 1.165) is 77.0 Å². The molecule has 0 rings (SSSR count). The second-order valence-electron chi connectivity index (χ2n) is 25.9. The Labute approximate surface area is 523 Å². The Hall–Kier alpha value is -2.06. The van der Waals surface area contributed by atoms with Crippen molar-refractivity contribution in [3.63, 3.8) is 0 Å². The highest BCUT2D eigenvalue weighted by atomic mass is 31.2. The van der Waals surface area contributed by atoms with Crippen LogP contribution in [0.25, 0.3) is 0 Å². The molecule has 3 atom stereocenters. The Morgan fingerprint density at radius 3 is 1.05 bits per heavy atom. The molecule has 0 aromatic carbocycles. The molecule has 0 bridgehead atoms. The number of phosphoric acid groups is 1. The molecule has 0 heterocycles. The number of amides is 1. The van der Waals surface area contributed by atoms with Crippen molar-refractivity contribution in [3.8, 4) is 0 Å². The lowest BCUT2D eigenvalue weighted by atomic mass is 10.0. The lowest BCUT2D eigenvalue weighted by Crippen LogP contribution is -2.46. The lowest BCUT2D eigenvalue weighted by molar-refractivity contribution is -0.870. The van der Waals surface area contributed by atoms with Crippen LogP contribution in [0.3, 0.4) is 0 Å². The molecule has 1 amide bonds. The van der Waals surface area contributed by atoms with Gasteiger partial charge in [-0.2, -0.15) is 0 Å². The van der Waals surface area contributed by atoms with Crippen molar-refractivity contribution in [3.05, 3.63) is 72.9 Å². The number of allylic oxidation sites excluding steroid dienone is 12. The number of rotatable bonds is 67. The normalized spacial score (nSPS) is 14.0. The third-order valence-electron chi connectivity index (χ3n) is 16.5. The van der Waals surface area contributed by atoms with E-state index in [9.17, 15) is 19.4 Å². The standard InChI is InChI=1S/C75H141N2O6P/c1-6-8-10-12-14-16-18-20-22-24-26-28-29-30-31-32-33-34-35-36-37-38-39-40-41-42-43-44-45-46-47-49-51-53-55-57-59-61-63-65-67-69-75(79)76-73(72-83-84(80,81)82-71-70-77(3,4)5)74(78)68-66-64-62-60-58-56-54-52-50-48-27-25-23-21-19-17-15-13-11-9-7-2/h8,10,14,16,20,22,26,28,30-31,33-34,73-74,78H,6-7,9,11-13,15,17-19,21,23-25,27,29,32,35-72H2,1-5H3,(H-,76,79,80,81)/p+1/b10-8-,16-14-,22-20-,28-26-,31-30-,34-33-. The number of carbonyl (C=O) groups is 1. The van der Waals surface area contributed by atoms with Gasteiger partial charge in [0.2, 0.25) is 5.91 Å². The largest absolute Gasteiger partial charge is 0.472 e. The zero-order valence-corrected chi connectivity index (χ0v) is 57.3. The molecule has 0 aromatic rings. The molecule has 0 aliphatic rings. The van der Waals surface area contributed by atoms with E-state index in [1.54, 1.807) is 0 Å². The van der Waals surface area contributed by atoms with Gasteiger partial charge in [0.15, 0.2) is 0 Å². The molecule has 9 heteroatoms. The third kappa shape index (κ3) is 67.4.